The van der Waals surface area contributed by atoms with Crippen molar-refractivity contribution in [3.05, 3.63) is 37.5 Å². The van der Waals surface area contributed by atoms with Gasteiger partial charge >= 0.3 is 0 Å². The predicted molar refractivity (Wildman–Crippen MR) is 36.8 cm³/mol. The van der Waals surface area contributed by atoms with Crippen LogP contribution in [0.5, 0.6) is 0 Å². The molecule has 0 saturated heterocycles. The van der Waals surface area contributed by atoms with E-state index in [2.05, 4.69) is 13.2 Å². The quantitative estimate of drug-likeness (QED) is 0.486. The third-order valence-electron chi connectivity index (χ3n) is 0.383. The molecule has 0 aliphatic rings. The summed E-state index contributed by atoms with van der Waals surface area (Å²) in [6, 6.07) is 0. The van der Waals surface area contributed by atoms with Crippen LogP contribution in [-0.2, 0) is 0 Å². The summed E-state index contributed by atoms with van der Waals surface area (Å²) >= 11 is 0. The Morgan fingerprint density at radius 1 is 0.857 bits per heavy atom. The lowest BCUT2D eigenvalue weighted by Gasteiger charge is -1.60. The molecule has 0 fully saturated rings. The number of hydrogen-bond acceptors (Lipinski definition) is 0. The van der Waals surface area contributed by atoms with Crippen molar-refractivity contribution in [1.29, 1.82) is 0 Å². The van der Waals surface area contributed by atoms with E-state index < -0.39 is 0 Å². The molecule has 40 valence electrons. The van der Waals surface area contributed by atoms with Gasteiger partial charge in [-0.25, -0.2) is 0 Å². The van der Waals surface area contributed by atoms with E-state index in [0.717, 1.165) is 0 Å². The van der Waals surface area contributed by atoms with Gasteiger partial charge in [-0.3, -0.25) is 0 Å². The third kappa shape index (κ3) is 10.8. The monoisotopic (exact) mass is 116 g/mol. The van der Waals surface area contributed by atoms with Gasteiger partial charge < -0.3 is 0 Å². The first kappa shape index (κ1) is 9.72. The van der Waals surface area contributed by atoms with E-state index in [1.165, 1.54) is 0 Å². The van der Waals surface area contributed by atoms with Crippen LogP contribution < -0.4 is 0 Å². The molecule has 7 heavy (non-hydrogen) atoms. The number of halogens is 1. The van der Waals surface area contributed by atoms with Gasteiger partial charge in [0.25, 0.3) is 0 Å². The Balaban J connectivity index is 0. The van der Waals surface area contributed by atoms with Gasteiger partial charge in [-0.2, -0.15) is 0 Å². The zero-order valence-corrected chi connectivity index (χ0v) is 4.95. The van der Waals surface area contributed by atoms with E-state index >= 15 is 0 Å². The molecular formula is C6H9Cl. The van der Waals surface area contributed by atoms with Gasteiger partial charge in [0.05, 0.1) is 0 Å². The van der Waals surface area contributed by atoms with Crippen LogP contribution in [0.2, 0.25) is 0 Å². The summed E-state index contributed by atoms with van der Waals surface area (Å²) in [5.74, 6) is 0. The maximum absolute atomic E-state index is 3.46. The van der Waals surface area contributed by atoms with E-state index in [9.17, 15) is 0 Å². The number of hydrogen-bond donors (Lipinski definition) is 0. The van der Waals surface area contributed by atoms with Crippen molar-refractivity contribution in [3.63, 3.8) is 0 Å². The first-order valence-corrected chi connectivity index (χ1v) is 1.82. The molecule has 0 aliphatic carbocycles. The van der Waals surface area contributed by atoms with Crippen LogP contribution in [0.4, 0.5) is 0 Å². The highest BCUT2D eigenvalue weighted by molar-refractivity contribution is 5.85. The minimum atomic E-state index is 0. The highest BCUT2D eigenvalue weighted by Gasteiger charge is 1.47. The third-order valence-corrected chi connectivity index (χ3v) is 0.383. The number of allylic oxidation sites excluding steroid dienone is 4. The topological polar surface area (TPSA) is 0 Å². The van der Waals surface area contributed by atoms with Crippen molar-refractivity contribution in [2.75, 3.05) is 0 Å². The summed E-state index contributed by atoms with van der Waals surface area (Å²) in [7, 11) is 0. The van der Waals surface area contributed by atoms with E-state index in [-0.39, 0.29) is 12.4 Å². The van der Waals surface area contributed by atoms with Crippen molar-refractivity contribution in [1.82, 2.24) is 0 Å². The lowest BCUT2D eigenvalue weighted by atomic mass is 10.5. The maximum atomic E-state index is 3.46. The molecule has 0 saturated carbocycles. The molecule has 0 aromatic carbocycles. The fraction of sp³-hybridized carbons (Fsp3) is 0. The highest BCUT2D eigenvalue weighted by atomic mass is 35.5. The van der Waals surface area contributed by atoms with Crippen molar-refractivity contribution < 1.29 is 0 Å². The molecule has 0 rings (SSSR count). The minimum Gasteiger partial charge on any atom is -0.147 e. The smallest absolute Gasteiger partial charge is 0.0629 e. The lowest BCUT2D eigenvalue weighted by Crippen LogP contribution is -1.38. The lowest BCUT2D eigenvalue weighted by molar-refractivity contribution is 1.98. The predicted octanol–water partition coefficient (Wildman–Crippen LogP) is 2.34. The molecule has 0 radical (unpaired) electrons. The average molecular weight is 117 g/mol. The van der Waals surface area contributed by atoms with Crippen LogP contribution in [0.3, 0.4) is 0 Å². The molecule has 1 heteroatoms. The van der Waals surface area contributed by atoms with Gasteiger partial charge in [0, 0.05) is 0 Å². The molecule has 0 heterocycles. The second kappa shape index (κ2) is 9.10. The van der Waals surface area contributed by atoms with Gasteiger partial charge in [-0.15, -0.1) is 12.4 Å². The van der Waals surface area contributed by atoms with Crippen molar-refractivity contribution in [2.45, 2.75) is 0 Å². The van der Waals surface area contributed by atoms with E-state index in [1.54, 1.807) is 12.2 Å². The zero-order chi connectivity index (χ0) is 4.83. The summed E-state index contributed by atoms with van der Waals surface area (Å²) < 4.78 is 0. The van der Waals surface area contributed by atoms with Crippen LogP contribution in [0.25, 0.3) is 0 Å². The Morgan fingerprint density at radius 2 is 1.14 bits per heavy atom. The first-order chi connectivity index (χ1) is 2.91. The molecule has 0 aliphatic heterocycles. The second-order valence-electron chi connectivity index (χ2n) is 0.856. The summed E-state index contributed by atoms with van der Waals surface area (Å²) in [6.45, 7) is 6.93. The SMILES string of the molecule is C=CC=CC=C.Cl. The first-order valence-electron chi connectivity index (χ1n) is 1.82. The van der Waals surface area contributed by atoms with Crippen LogP contribution >= 0.6 is 12.4 Å². The Bertz CT molecular complexity index is 62.2. The van der Waals surface area contributed by atoms with Gasteiger partial charge in [0.15, 0.2) is 0 Å². The summed E-state index contributed by atoms with van der Waals surface area (Å²) in [5, 5.41) is 0. The fourth-order valence-corrected chi connectivity index (χ4v) is 0.157. The van der Waals surface area contributed by atoms with Gasteiger partial charge in [-0.05, 0) is 0 Å². The largest absolute Gasteiger partial charge is 0.147 e. The Kier molecular flexibility index (Phi) is 12.6. The second-order valence-corrected chi connectivity index (χ2v) is 0.856. The summed E-state index contributed by atoms with van der Waals surface area (Å²) in [4.78, 5) is 0. The zero-order valence-electron chi connectivity index (χ0n) is 4.13. The minimum absolute atomic E-state index is 0. The maximum Gasteiger partial charge on any atom is -0.0629 e. The molecule has 0 N–H and O–H groups in total. The summed E-state index contributed by atoms with van der Waals surface area (Å²) in [6.07, 6.45) is 7.07. The van der Waals surface area contributed by atoms with Crippen molar-refractivity contribution in [2.24, 2.45) is 0 Å². The molecular weight excluding hydrogens is 108 g/mol. The average Bonchev–Trinajstić information content (AvgIpc) is 1.61. The molecule has 0 atom stereocenters. The molecule has 0 aromatic heterocycles. The molecule has 0 nitrogen and oxygen atoms in total. The van der Waals surface area contributed by atoms with Crippen LogP contribution in [-0.4, -0.2) is 0 Å². The molecule has 0 spiro atoms. The molecule has 0 amide bonds. The van der Waals surface area contributed by atoms with E-state index in [0.29, 0.717) is 0 Å². The van der Waals surface area contributed by atoms with Gasteiger partial charge in [-0.1, -0.05) is 37.5 Å². The number of rotatable bonds is 2. The standard InChI is InChI=1S/C6H8.ClH/c1-3-5-6-4-2;/h3-6H,1-2H2;1H. The van der Waals surface area contributed by atoms with Crippen molar-refractivity contribution >= 4 is 12.4 Å². The van der Waals surface area contributed by atoms with Crippen LogP contribution in [0.15, 0.2) is 37.5 Å². The normalized spacial score (nSPS) is 7.43. The van der Waals surface area contributed by atoms with Crippen LogP contribution in [0, 0.1) is 0 Å². The Hall–Kier alpha value is -0.490. The summed E-state index contributed by atoms with van der Waals surface area (Å²) in [5.41, 5.74) is 0. The fourth-order valence-electron chi connectivity index (χ4n) is 0.157. The molecule has 0 bridgehead atoms. The molecule has 0 unspecified atom stereocenters. The van der Waals surface area contributed by atoms with E-state index in [4.69, 9.17) is 0 Å². The highest BCUT2D eigenvalue weighted by Crippen LogP contribution is 1.69. The van der Waals surface area contributed by atoms with Gasteiger partial charge in [0.2, 0.25) is 0 Å². The van der Waals surface area contributed by atoms with Crippen molar-refractivity contribution in [3.8, 4) is 0 Å². The Morgan fingerprint density at radius 3 is 1.29 bits per heavy atom. The molecule has 0 aromatic rings. The van der Waals surface area contributed by atoms with Gasteiger partial charge in [0.1, 0.15) is 0 Å². The van der Waals surface area contributed by atoms with E-state index in [1.807, 2.05) is 12.2 Å². The Labute approximate surface area is 50.6 Å². The van der Waals surface area contributed by atoms with Crippen LogP contribution in [0.1, 0.15) is 0 Å².